The van der Waals surface area contributed by atoms with Crippen molar-refractivity contribution in [3.05, 3.63) is 0 Å². The molecule has 0 aromatic carbocycles. The molecule has 0 unspecified atom stereocenters. The molecule has 0 bridgehead atoms. The fraction of sp³-hybridized carbons (Fsp3) is 0.909. The average molecular weight is 378 g/mol. The summed E-state index contributed by atoms with van der Waals surface area (Å²) in [6.07, 6.45) is 17.1. The molecule has 0 spiro atoms. The maximum absolute atomic E-state index is 11.7. The van der Waals surface area contributed by atoms with Crippen LogP contribution in [0.25, 0.3) is 0 Å². The van der Waals surface area contributed by atoms with Gasteiger partial charge in [0.25, 0.3) is 0 Å². The smallest absolute Gasteiger partial charge is 0.321 e. The van der Waals surface area contributed by atoms with E-state index in [1.54, 1.807) is 0 Å². The Balaban J connectivity index is 0. The van der Waals surface area contributed by atoms with E-state index in [1.165, 1.54) is 44.9 Å². The fourth-order valence-electron chi connectivity index (χ4n) is 3.59. The van der Waals surface area contributed by atoms with E-state index in [9.17, 15) is 19.8 Å². The number of unbranched alkanes of at least 4 members (excludes halogenated alkanes) is 13. The van der Waals surface area contributed by atoms with Crippen molar-refractivity contribution in [2.45, 2.75) is 123 Å². The van der Waals surface area contributed by atoms with E-state index in [4.69, 9.17) is 0 Å². The third-order valence-corrected chi connectivity index (χ3v) is 5.48. The van der Waals surface area contributed by atoms with Gasteiger partial charge in [-0.2, -0.15) is 0 Å². The van der Waals surface area contributed by atoms with E-state index in [0.717, 1.165) is 38.5 Å². The van der Waals surface area contributed by atoms with Gasteiger partial charge in [-0.05, 0) is 12.8 Å². The molecule has 0 aromatic rings. The quantitative estimate of drug-likeness (QED) is 0.154. The molecular weight excluding hydrogens is 335 g/mol. The first-order chi connectivity index (χ1) is 12.5. The number of carbonyl (C=O) groups is 2. The Kier molecular flexibility index (Phi) is 20.1. The molecule has 0 heterocycles. The van der Waals surface area contributed by atoms with Crippen LogP contribution in [0.2, 0.25) is 0 Å². The molecular formula is C22H42LiO4. The van der Waals surface area contributed by atoms with Crippen molar-refractivity contribution in [3.63, 3.8) is 0 Å². The Labute approximate surface area is 179 Å². The standard InChI is InChI=1S/C22H42O4.Li/c1-3-5-7-9-10-11-12-13-15-17-19-22(20(23)24,21(25)26)18-16-14-8-6-4-2;/h3-19H2,1-2H3,(H,23,24)(H,25,26);. The van der Waals surface area contributed by atoms with Crippen LogP contribution in [0.3, 0.4) is 0 Å². The van der Waals surface area contributed by atoms with Gasteiger partial charge in [0.2, 0.25) is 0 Å². The summed E-state index contributed by atoms with van der Waals surface area (Å²) in [6.45, 7) is 4.35. The molecule has 0 aromatic heterocycles. The van der Waals surface area contributed by atoms with Crippen LogP contribution in [0.4, 0.5) is 0 Å². The second-order valence-corrected chi connectivity index (χ2v) is 7.79. The largest absolute Gasteiger partial charge is 0.480 e. The minimum Gasteiger partial charge on any atom is -0.480 e. The van der Waals surface area contributed by atoms with Crippen molar-refractivity contribution in [2.75, 3.05) is 0 Å². The SMILES string of the molecule is CCCCCCCCCCCCC(CCCCCCC)(C(=O)O)C(=O)O.[Li]. The topological polar surface area (TPSA) is 74.6 Å². The number of carboxylic acid groups (broad SMARTS) is 2. The first kappa shape index (κ1) is 28.7. The molecule has 0 saturated heterocycles. The van der Waals surface area contributed by atoms with E-state index in [1.807, 2.05) is 0 Å². The molecule has 0 fully saturated rings. The minimum atomic E-state index is -1.58. The van der Waals surface area contributed by atoms with Crippen LogP contribution in [0.1, 0.15) is 123 Å². The van der Waals surface area contributed by atoms with Gasteiger partial charge in [-0.15, -0.1) is 0 Å². The summed E-state index contributed by atoms with van der Waals surface area (Å²) in [5, 5.41) is 19.1. The van der Waals surface area contributed by atoms with Crippen molar-refractivity contribution in [3.8, 4) is 0 Å². The van der Waals surface area contributed by atoms with Gasteiger partial charge >= 0.3 is 11.9 Å². The third kappa shape index (κ3) is 13.4. The van der Waals surface area contributed by atoms with Gasteiger partial charge < -0.3 is 10.2 Å². The van der Waals surface area contributed by atoms with Gasteiger partial charge in [-0.3, -0.25) is 9.59 Å². The van der Waals surface area contributed by atoms with Crippen molar-refractivity contribution in [2.24, 2.45) is 5.41 Å². The zero-order valence-electron chi connectivity index (χ0n) is 18.2. The molecule has 2 N–H and O–H groups in total. The van der Waals surface area contributed by atoms with Gasteiger partial charge in [-0.25, -0.2) is 0 Å². The number of hydrogen-bond acceptors (Lipinski definition) is 2. The van der Waals surface area contributed by atoms with E-state index >= 15 is 0 Å². The zero-order chi connectivity index (χ0) is 19.7. The zero-order valence-corrected chi connectivity index (χ0v) is 18.2. The van der Waals surface area contributed by atoms with Crippen LogP contribution < -0.4 is 0 Å². The molecule has 0 amide bonds. The molecule has 1 radical (unpaired) electrons. The molecule has 0 aliphatic carbocycles. The van der Waals surface area contributed by atoms with Gasteiger partial charge in [0, 0.05) is 18.9 Å². The van der Waals surface area contributed by atoms with Crippen molar-refractivity contribution in [1.29, 1.82) is 0 Å². The molecule has 0 aliphatic rings. The summed E-state index contributed by atoms with van der Waals surface area (Å²) >= 11 is 0. The average Bonchev–Trinajstić information content (AvgIpc) is 2.60. The molecule has 0 rings (SSSR count). The van der Waals surface area contributed by atoms with Crippen LogP contribution in [0.15, 0.2) is 0 Å². The summed E-state index contributed by atoms with van der Waals surface area (Å²) in [5.74, 6) is -2.31. The van der Waals surface area contributed by atoms with E-state index in [0.29, 0.717) is 12.8 Å². The number of hydrogen-bond donors (Lipinski definition) is 2. The van der Waals surface area contributed by atoms with E-state index < -0.39 is 17.4 Å². The fourth-order valence-corrected chi connectivity index (χ4v) is 3.59. The Hall–Kier alpha value is -0.463. The first-order valence-electron chi connectivity index (χ1n) is 11.0. The molecule has 5 heteroatoms. The Morgan fingerprint density at radius 2 is 0.815 bits per heavy atom. The van der Waals surface area contributed by atoms with E-state index in [-0.39, 0.29) is 31.7 Å². The summed E-state index contributed by atoms with van der Waals surface area (Å²) in [6, 6.07) is 0. The maximum Gasteiger partial charge on any atom is 0.321 e. The Morgan fingerprint density at radius 3 is 1.07 bits per heavy atom. The maximum atomic E-state index is 11.7. The molecule has 4 nitrogen and oxygen atoms in total. The number of rotatable bonds is 19. The molecule has 0 aliphatic heterocycles. The van der Waals surface area contributed by atoms with Crippen LogP contribution >= 0.6 is 0 Å². The number of carboxylic acids is 2. The predicted molar refractivity (Wildman–Crippen MR) is 113 cm³/mol. The summed E-state index contributed by atoms with van der Waals surface area (Å²) in [4.78, 5) is 23.4. The summed E-state index contributed by atoms with van der Waals surface area (Å²) in [5.41, 5.74) is -1.58. The molecule has 155 valence electrons. The number of aliphatic carboxylic acids is 2. The van der Waals surface area contributed by atoms with Crippen LogP contribution in [-0.4, -0.2) is 41.0 Å². The monoisotopic (exact) mass is 377 g/mol. The van der Waals surface area contributed by atoms with Gasteiger partial charge in [0.1, 0.15) is 0 Å². The molecule has 0 atom stereocenters. The third-order valence-electron chi connectivity index (χ3n) is 5.48. The molecule has 0 saturated carbocycles. The normalized spacial score (nSPS) is 11.2. The molecule has 27 heavy (non-hydrogen) atoms. The van der Waals surface area contributed by atoms with Crippen LogP contribution in [0, 0.1) is 5.41 Å². The second-order valence-electron chi connectivity index (χ2n) is 7.79. The Bertz CT molecular complexity index is 357. The van der Waals surface area contributed by atoms with Gasteiger partial charge in [0.05, 0.1) is 0 Å². The van der Waals surface area contributed by atoms with Crippen molar-refractivity contribution < 1.29 is 19.8 Å². The van der Waals surface area contributed by atoms with Crippen molar-refractivity contribution >= 4 is 30.8 Å². The second kappa shape index (κ2) is 18.9. The van der Waals surface area contributed by atoms with Crippen LogP contribution in [0.5, 0.6) is 0 Å². The van der Waals surface area contributed by atoms with Gasteiger partial charge in [0.15, 0.2) is 5.41 Å². The minimum absolute atomic E-state index is 0. The summed E-state index contributed by atoms with van der Waals surface area (Å²) < 4.78 is 0. The van der Waals surface area contributed by atoms with Crippen LogP contribution in [-0.2, 0) is 9.59 Å². The summed E-state index contributed by atoms with van der Waals surface area (Å²) in [7, 11) is 0. The van der Waals surface area contributed by atoms with Crippen molar-refractivity contribution in [1.82, 2.24) is 0 Å². The van der Waals surface area contributed by atoms with E-state index in [2.05, 4.69) is 13.8 Å². The predicted octanol–water partition coefficient (Wildman–Crippen LogP) is 6.43. The van der Waals surface area contributed by atoms with Gasteiger partial charge in [-0.1, -0.05) is 110 Å². The first-order valence-corrected chi connectivity index (χ1v) is 11.0. The Morgan fingerprint density at radius 1 is 0.556 bits per heavy atom.